The van der Waals surface area contributed by atoms with Crippen LogP contribution in [0.25, 0.3) is 10.8 Å². The summed E-state index contributed by atoms with van der Waals surface area (Å²) in [4.78, 5) is 10.9. The molecule has 0 aromatic heterocycles. The van der Waals surface area contributed by atoms with E-state index in [1.165, 1.54) is 6.07 Å². The third-order valence-electron chi connectivity index (χ3n) is 5.05. The number of hydrogen-bond acceptors (Lipinski definition) is 3. The summed E-state index contributed by atoms with van der Waals surface area (Å²) in [7, 11) is -4.33. The molecule has 1 aliphatic heterocycles. The van der Waals surface area contributed by atoms with Crippen molar-refractivity contribution in [3.05, 3.63) is 35.9 Å². The maximum absolute atomic E-state index is 11.7. The molecule has 1 aliphatic rings. The summed E-state index contributed by atoms with van der Waals surface area (Å²) in [5.74, 6) is -0.867. The molecule has 3 rings (SSSR count). The van der Waals surface area contributed by atoms with Gasteiger partial charge >= 0.3 is 5.97 Å². The molecule has 132 valence electrons. The zero-order chi connectivity index (χ0) is 18.6. The van der Waals surface area contributed by atoms with Crippen molar-refractivity contribution in [1.29, 1.82) is 0 Å². The summed E-state index contributed by atoms with van der Waals surface area (Å²) in [5.41, 5.74) is 2.45. The fourth-order valence-electron chi connectivity index (χ4n) is 3.62. The molecular weight excluding hydrogens is 342 g/mol. The Morgan fingerprint density at radius 2 is 1.84 bits per heavy atom. The van der Waals surface area contributed by atoms with Crippen LogP contribution in [0.5, 0.6) is 0 Å². The first-order chi connectivity index (χ1) is 11.5. The van der Waals surface area contributed by atoms with Crippen molar-refractivity contribution >= 4 is 38.3 Å². The monoisotopic (exact) mass is 362 g/mol. The van der Waals surface area contributed by atoms with Gasteiger partial charge in [0.1, 0.15) is 11.3 Å². The number of hydrogen-bond donors (Lipinski definition) is 2. The van der Waals surface area contributed by atoms with Gasteiger partial charge in [0.15, 0.2) is 12.3 Å². The highest BCUT2D eigenvalue weighted by molar-refractivity contribution is 7.86. The first kappa shape index (κ1) is 17.6. The van der Waals surface area contributed by atoms with Crippen molar-refractivity contribution in [2.45, 2.75) is 37.5 Å². The second-order valence-electron chi connectivity index (χ2n) is 6.79. The fourth-order valence-corrected chi connectivity index (χ4v) is 4.33. The van der Waals surface area contributed by atoms with Gasteiger partial charge in [0.05, 0.1) is 5.41 Å². The van der Waals surface area contributed by atoms with Crippen molar-refractivity contribution in [3.8, 4) is 0 Å². The average molecular weight is 362 g/mol. The standard InChI is InChI=1S/C18H19NO5S/c1-11-18(2,3)17-13-5-4-6-15(25(22,23)24)12(13)7-8-14(17)19(11)10-9-16(20)21/h4-8H,9-10H2,1-3H3,(H-,20,21,22,23,24)/p+1. The molecule has 1 heterocycles. The zero-order valence-electron chi connectivity index (χ0n) is 14.3. The zero-order valence-corrected chi connectivity index (χ0v) is 15.1. The second kappa shape index (κ2) is 5.64. The molecule has 2 aromatic rings. The summed E-state index contributed by atoms with van der Waals surface area (Å²) < 4.78 is 34.9. The van der Waals surface area contributed by atoms with Crippen LogP contribution in [0, 0.1) is 0 Å². The van der Waals surface area contributed by atoms with E-state index in [1.807, 2.05) is 31.4 Å². The molecule has 6 nitrogen and oxygen atoms in total. The molecule has 0 unspecified atom stereocenters. The van der Waals surface area contributed by atoms with Crippen LogP contribution in [-0.2, 0) is 20.3 Å². The van der Waals surface area contributed by atoms with Gasteiger partial charge in [-0.15, -0.1) is 0 Å². The minimum atomic E-state index is -4.33. The van der Waals surface area contributed by atoms with Crippen LogP contribution in [0.15, 0.2) is 35.2 Å². The summed E-state index contributed by atoms with van der Waals surface area (Å²) in [6.45, 7) is 6.37. The van der Waals surface area contributed by atoms with Gasteiger partial charge in [-0.25, -0.2) is 0 Å². The number of rotatable bonds is 4. The Bertz CT molecular complexity index is 1030. The van der Waals surface area contributed by atoms with E-state index >= 15 is 0 Å². The van der Waals surface area contributed by atoms with Crippen LogP contribution in [0.2, 0.25) is 0 Å². The molecule has 0 fully saturated rings. The van der Waals surface area contributed by atoms with Gasteiger partial charge in [0.2, 0.25) is 5.69 Å². The number of aliphatic carboxylic acids is 1. The first-order valence-corrected chi connectivity index (χ1v) is 9.36. The second-order valence-corrected chi connectivity index (χ2v) is 8.18. The lowest BCUT2D eigenvalue weighted by Crippen LogP contribution is -2.27. The molecule has 25 heavy (non-hydrogen) atoms. The maximum atomic E-state index is 11.7. The molecule has 2 aromatic carbocycles. The Kier molecular flexibility index (Phi) is 3.96. The van der Waals surface area contributed by atoms with E-state index in [0.29, 0.717) is 11.9 Å². The smallest absolute Gasteiger partial charge is 0.309 e. The summed E-state index contributed by atoms with van der Waals surface area (Å²) >= 11 is 0. The molecule has 7 heteroatoms. The van der Waals surface area contributed by atoms with Gasteiger partial charge < -0.3 is 5.11 Å². The van der Waals surface area contributed by atoms with Crippen LogP contribution in [0.4, 0.5) is 5.69 Å². The van der Waals surface area contributed by atoms with Gasteiger partial charge in [-0.3, -0.25) is 9.35 Å². The Labute approximate surface area is 146 Å². The summed E-state index contributed by atoms with van der Waals surface area (Å²) in [6.07, 6.45) is 0.00988. The van der Waals surface area contributed by atoms with Crippen LogP contribution in [0.3, 0.4) is 0 Å². The molecule has 0 aliphatic carbocycles. The lowest BCUT2D eigenvalue weighted by molar-refractivity contribution is -0.438. The third kappa shape index (κ3) is 2.73. The lowest BCUT2D eigenvalue weighted by Gasteiger charge is -2.17. The highest BCUT2D eigenvalue weighted by atomic mass is 32.2. The molecule has 2 N–H and O–H groups in total. The quantitative estimate of drug-likeness (QED) is 0.644. The largest absolute Gasteiger partial charge is 0.481 e. The van der Waals surface area contributed by atoms with Crippen molar-refractivity contribution in [3.63, 3.8) is 0 Å². The number of carbonyl (C=O) groups is 1. The van der Waals surface area contributed by atoms with E-state index in [9.17, 15) is 17.8 Å². The molecule has 0 spiro atoms. The number of nitrogens with zero attached hydrogens (tertiary/aromatic N) is 1. The van der Waals surface area contributed by atoms with Crippen LogP contribution in [-0.4, -0.2) is 40.9 Å². The fraction of sp³-hybridized carbons (Fsp3) is 0.333. The van der Waals surface area contributed by atoms with E-state index in [2.05, 4.69) is 0 Å². The van der Waals surface area contributed by atoms with Crippen LogP contribution in [0.1, 0.15) is 32.8 Å². The minimum Gasteiger partial charge on any atom is -0.481 e. The molecule has 0 saturated carbocycles. The van der Waals surface area contributed by atoms with Crippen molar-refractivity contribution in [1.82, 2.24) is 0 Å². The first-order valence-electron chi connectivity index (χ1n) is 7.92. The Morgan fingerprint density at radius 3 is 2.44 bits per heavy atom. The van der Waals surface area contributed by atoms with E-state index in [4.69, 9.17) is 5.11 Å². The van der Waals surface area contributed by atoms with Gasteiger partial charge in [0, 0.05) is 23.9 Å². The lowest BCUT2D eigenvalue weighted by atomic mass is 9.80. The highest BCUT2D eigenvalue weighted by Crippen LogP contribution is 2.44. The van der Waals surface area contributed by atoms with Crippen LogP contribution < -0.4 is 0 Å². The van der Waals surface area contributed by atoms with E-state index in [0.717, 1.165) is 22.3 Å². The van der Waals surface area contributed by atoms with Gasteiger partial charge in [0.25, 0.3) is 10.1 Å². The predicted molar refractivity (Wildman–Crippen MR) is 94.5 cm³/mol. The molecular formula is C18H20NO5S+. The van der Waals surface area contributed by atoms with Crippen molar-refractivity contribution in [2.75, 3.05) is 6.54 Å². The number of benzene rings is 2. The van der Waals surface area contributed by atoms with Gasteiger partial charge in [-0.05, 0) is 31.4 Å². The summed E-state index contributed by atoms with van der Waals surface area (Å²) in [6, 6.07) is 8.28. The summed E-state index contributed by atoms with van der Waals surface area (Å²) in [5, 5.41) is 10.2. The molecule has 0 amide bonds. The van der Waals surface area contributed by atoms with Gasteiger partial charge in [-0.2, -0.15) is 13.0 Å². The molecule has 0 radical (unpaired) electrons. The van der Waals surface area contributed by atoms with E-state index in [-0.39, 0.29) is 16.7 Å². The van der Waals surface area contributed by atoms with Crippen molar-refractivity contribution < 1.29 is 27.4 Å². The molecule has 0 saturated heterocycles. The van der Waals surface area contributed by atoms with Crippen LogP contribution >= 0.6 is 0 Å². The SMILES string of the molecule is CC1=[N+](CCC(=O)O)c2ccc3c(S(=O)(=O)O)cccc3c2C1(C)C. The molecule has 0 atom stereocenters. The predicted octanol–water partition coefficient (Wildman–Crippen LogP) is 2.96. The van der Waals surface area contributed by atoms with Gasteiger partial charge in [-0.1, -0.05) is 12.1 Å². The Morgan fingerprint density at radius 1 is 1.16 bits per heavy atom. The topological polar surface area (TPSA) is 94.7 Å². The Hall–Kier alpha value is -2.25. The normalized spacial score (nSPS) is 16.3. The highest BCUT2D eigenvalue weighted by Gasteiger charge is 2.44. The number of fused-ring (bicyclic) bond motifs is 3. The van der Waals surface area contributed by atoms with E-state index in [1.54, 1.807) is 18.2 Å². The minimum absolute atomic E-state index is 0.00988. The number of carboxylic acids is 1. The van der Waals surface area contributed by atoms with Crippen molar-refractivity contribution in [2.24, 2.45) is 0 Å². The third-order valence-corrected chi connectivity index (χ3v) is 5.96. The maximum Gasteiger partial charge on any atom is 0.309 e. The Balaban J connectivity index is 2.30. The molecule has 0 bridgehead atoms. The number of carboxylic acid groups (broad SMARTS) is 1. The van der Waals surface area contributed by atoms with E-state index < -0.39 is 16.1 Å². The average Bonchev–Trinajstić information content (AvgIpc) is 2.71.